The summed E-state index contributed by atoms with van der Waals surface area (Å²) >= 11 is 6.92. The van der Waals surface area contributed by atoms with Crippen LogP contribution in [0.4, 0.5) is 5.69 Å². The molecule has 1 aromatic heterocycles. The average Bonchev–Trinajstić information content (AvgIpc) is 3.27. The van der Waals surface area contributed by atoms with Gasteiger partial charge in [-0.1, -0.05) is 32.0 Å². The lowest BCUT2D eigenvalue weighted by molar-refractivity contribution is -0.140. The van der Waals surface area contributed by atoms with Gasteiger partial charge in [0.15, 0.2) is 5.11 Å². The number of carbonyl (C=O) groups excluding carboxylic acids is 2. The summed E-state index contributed by atoms with van der Waals surface area (Å²) in [5.41, 5.74) is 2.88. The van der Waals surface area contributed by atoms with Crippen LogP contribution in [0.15, 0.2) is 53.0 Å². The van der Waals surface area contributed by atoms with Crippen LogP contribution in [0.25, 0.3) is 0 Å². The Kier molecular flexibility index (Phi) is 7.46. The van der Waals surface area contributed by atoms with Gasteiger partial charge in [0.1, 0.15) is 0 Å². The second kappa shape index (κ2) is 10.1. The van der Waals surface area contributed by atoms with Gasteiger partial charge in [-0.15, -0.1) is 11.3 Å². The van der Waals surface area contributed by atoms with Crippen molar-refractivity contribution < 1.29 is 14.3 Å². The third-order valence-electron chi connectivity index (χ3n) is 4.93. The summed E-state index contributed by atoms with van der Waals surface area (Å²) < 4.78 is 5.55. The van der Waals surface area contributed by atoms with E-state index in [4.69, 9.17) is 17.0 Å². The smallest absolute Gasteiger partial charge is 0.338 e. The SMILES string of the molecule is CCN1C(=S)NC(c2ccc(NC(=O)c3cccs3)cc2)C(C(=O)OCC(C)C)=C1C. The lowest BCUT2D eigenvalue weighted by Gasteiger charge is -2.37. The van der Waals surface area contributed by atoms with Crippen molar-refractivity contribution in [1.29, 1.82) is 0 Å². The summed E-state index contributed by atoms with van der Waals surface area (Å²) in [5, 5.41) is 8.60. The first kappa shape index (κ1) is 23.0. The zero-order valence-corrected chi connectivity index (χ0v) is 19.7. The van der Waals surface area contributed by atoms with Gasteiger partial charge in [0.25, 0.3) is 5.91 Å². The number of rotatable bonds is 7. The molecule has 164 valence electrons. The average molecular weight is 458 g/mol. The lowest BCUT2D eigenvalue weighted by Crippen LogP contribution is -2.47. The molecule has 1 amide bonds. The van der Waals surface area contributed by atoms with E-state index in [1.165, 1.54) is 11.3 Å². The number of hydrogen-bond acceptors (Lipinski definition) is 5. The Labute approximate surface area is 192 Å². The van der Waals surface area contributed by atoms with E-state index in [1.54, 1.807) is 6.07 Å². The number of nitrogens with one attached hydrogen (secondary N) is 2. The minimum absolute atomic E-state index is 0.146. The Morgan fingerprint density at radius 3 is 2.55 bits per heavy atom. The maximum atomic E-state index is 13.0. The minimum atomic E-state index is -0.419. The van der Waals surface area contributed by atoms with Crippen LogP contribution in [0, 0.1) is 5.92 Å². The van der Waals surface area contributed by atoms with Gasteiger partial charge in [0, 0.05) is 17.9 Å². The van der Waals surface area contributed by atoms with E-state index >= 15 is 0 Å². The van der Waals surface area contributed by atoms with Gasteiger partial charge in [-0.3, -0.25) is 4.79 Å². The molecule has 6 nitrogen and oxygen atoms in total. The molecule has 1 aliphatic heterocycles. The number of anilines is 1. The summed E-state index contributed by atoms with van der Waals surface area (Å²) in [6.07, 6.45) is 0. The highest BCUT2D eigenvalue weighted by atomic mass is 32.1. The quantitative estimate of drug-likeness (QED) is 0.463. The summed E-state index contributed by atoms with van der Waals surface area (Å²) in [6, 6.07) is 10.6. The third-order valence-corrected chi connectivity index (χ3v) is 6.13. The van der Waals surface area contributed by atoms with Gasteiger partial charge in [-0.2, -0.15) is 0 Å². The van der Waals surface area contributed by atoms with Crippen LogP contribution in [0.1, 0.15) is 49.0 Å². The van der Waals surface area contributed by atoms with Gasteiger partial charge in [-0.05, 0) is 61.1 Å². The molecule has 1 atom stereocenters. The van der Waals surface area contributed by atoms with E-state index in [1.807, 2.05) is 68.3 Å². The summed E-state index contributed by atoms with van der Waals surface area (Å²) in [5.74, 6) is -0.249. The number of benzene rings is 1. The van der Waals surface area contributed by atoms with Crippen LogP contribution >= 0.6 is 23.6 Å². The summed E-state index contributed by atoms with van der Waals surface area (Å²) in [7, 11) is 0. The van der Waals surface area contributed by atoms with Gasteiger partial charge >= 0.3 is 5.97 Å². The molecule has 31 heavy (non-hydrogen) atoms. The van der Waals surface area contributed by atoms with E-state index in [0.717, 1.165) is 11.3 Å². The van der Waals surface area contributed by atoms with Crippen molar-refractivity contribution in [2.75, 3.05) is 18.5 Å². The molecule has 0 spiro atoms. The zero-order chi connectivity index (χ0) is 22.5. The molecule has 0 saturated heterocycles. The van der Waals surface area contributed by atoms with E-state index in [0.29, 0.717) is 34.4 Å². The van der Waals surface area contributed by atoms with Crippen LogP contribution < -0.4 is 10.6 Å². The van der Waals surface area contributed by atoms with Gasteiger partial charge in [0.05, 0.1) is 23.1 Å². The van der Waals surface area contributed by atoms with E-state index in [2.05, 4.69) is 10.6 Å². The van der Waals surface area contributed by atoms with Crippen LogP contribution in [0.2, 0.25) is 0 Å². The van der Waals surface area contributed by atoms with Crippen molar-refractivity contribution in [2.24, 2.45) is 5.92 Å². The normalized spacial score (nSPS) is 16.4. The Morgan fingerprint density at radius 1 is 1.26 bits per heavy atom. The third kappa shape index (κ3) is 5.32. The van der Waals surface area contributed by atoms with E-state index in [-0.39, 0.29) is 17.8 Å². The minimum Gasteiger partial charge on any atom is -0.462 e. The highest BCUT2D eigenvalue weighted by molar-refractivity contribution is 7.80. The van der Waals surface area contributed by atoms with Crippen molar-refractivity contribution in [3.63, 3.8) is 0 Å². The van der Waals surface area contributed by atoms with Gasteiger partial charge in [0.2, 0.25) is 0 Å². The Bertz CT molecular complexity index is 982. The first-order valence-electron chi connectivity index (χ1n) is 10.2. The van der Waals surface area contributed by atoms with Gasteiger partial charge in [-0.25, -0.2) is 4.79 Å². The molecular weight excluding hydrogens is 430 g/mol. The molecule has 8 heteroatoms. The molecule has 3 rings (SSSR count). The number of thiocarbonyl (C=S) groups is 1. The monoisotopic (exact) mass is 457 g/mol. The first-order chi connectivity index (χ1) is 14.8. The fourth-order valence-electron chi connectivity index (χ4n) is 3.36. The van der Waals surface area contributed by atoms with Crippen LogP contribution in [-0.2, 0) is 9.53 Å². The molecule has 1 unspecified atom stereocenters. The van der Waals surface area contributed by atoms with Crippen LogP contribution in [0.3, 0.4) is 0 Å². The van der Waals surface area contributed by atoms with Crippen molar-refractivity contribution in [2.45, 2.75) is 33.7 Å². The predicted molar refractivity (Wildman–Crippen MR) is 128 cm³/mol. The molecule has 0 bridgehead atoms. The molecule has 2 N–H and O–H groups in total. The molecule has 1 aliphatic rings. The molecule has 2 aromatic rings. The second-order valence-electron chi connectivity index (χ2n) is 7.67. The van der Waals surface area contributed by atoms with Crippen LogP contribution in [-0.4, -0.2) is 35.0 Å². The highest BCUT2D eigenvalue weighted by Gasteiger charge is 2.34. The lowest BCUT2D eigenvalue weighted by atomic mass is 9.94. The number of hydrogen-bond donors (Lipinski definition) is 2. The fourth-order valence-corrected chi connectivity index (χ4v) is 4.36. The molecule has 0 aliphatic carbocycles. The van der Waals surface area contributed by atoms with Crippen molar-refractivity contribution in [1.82, 2.24) is 10.2 Å². The molecular formula is C23H27N3O3S2. The summed E-state index contributed by atoms with van der Waals surface area (Å²) in [6.45, 7) is 8.89. The van der Waals surface area contributed by atoms with Crippen molar-refractivity contribution in [3.8, 4) is 0 Å². The molecule has 2 heterocycles. The van der Waals surface area contributed by atoms with E-state index < -0.39 is 6.04 Å². The number of ether oxygens (including phenoxy) is 1. The predicted octanol–water partition coefficient (Wildman–Crippen LogP) is 4.72. The number of allylic oxidation sites excluding steroid dienone is 1. The standard InChI is InChI=1S/C23H27N3O3S2/c1-5-26-15(4)19(22(28)29-13-14(2)3)20(25-23(26)30)16-8-10-17(11-9-16)24-21(27)18-7-6-12-31-18/h6-12,14,20H,5,13H2,1-4H3,(H,24,27)(H,25,30). The van der Waals surface area contributed by atoms with E-state index in [9.17, 15) is 9.59 Å². The molecule has 0 fully saturated rings. The maximum absolute atomic E-state index is 13.0. The fraction of sp³-hybridized carbons (Fsp3) is 0.348. The number of carbonyl (C=O) groups is 2. The number of amides is 1. The Hall–Kier alpha value is -2.71. The van der Waals surface area contributed by atoms with Crippen molar-refractivity contribution in [3.05, 3.63) is 63.5 Å². The van der Waals surface area contributed by atoms with Crippen molar-refractivity contribution >= 4 is 46.2 Å². The first-order valence-corrected chi connectivity index (χ1v) is 11.5. The Balaban J connectivity index is 1.86. The molecule has 0 saturated carbocycles. The van der Waals surface area contributed by atoms with Gasteiger partial charge < -0.3 is 20.3 Å². The topological polar surface area (TPSA) is 70.7 Å². The van der Waals surface area contributed by atoms with Crippen LogP contribution in [0.5, 0.6) is 0 Å². The highest BCUT2D eigenvalue weighted by Crippen LogP contribution is 2.32. The largest absolute Gasteiger partial charge is 0.462 e. The maximum Gasteiger partial charge on any atom is 0.338 e. The second-order valence-corrected chi connectivity index (χ2v) is 9.01. The molecule has 1 aromatic carbocycles. The number of esters is 1. The summed E-state index contributed by atoms with van der Waals surface area (Å²) in [4.78, 5) is 27.8. The zero-order valence-electron chi connectivity index (χ0n) is 18.1. The number of nitrogens with zero attached hydrogens (tertiary/aromatic N) is 1. The Morgan fingerprint density at radius 2 is 1.97 bits per heavy atom. The number of thiophene rings is 1. The molecule has 0 radical (unpaired) electrons.